The van der Waals surface area contributed by atoms with Crippen molar-refractivity contribution in [3.8, 4) is 11.8 Å². The fourth-order valence-corrected chi connectivity index (χ4v) is 4.36. The summed E-state index contributed by atoms with van der Waals surface area (Å²) in [4.78, 5) is 12.4. The van der Waals surface area contributed by atoms with Gasteiger partial charge in [-0.05, 0) is 29.3 Å². The number of nitriles is 1. The quantitative estimate of drug-likeness (QED) is 0.525. The average Bonchev–Trinajstić information content (AvgIpc) is 3.33. The number of amides is 1. The van der Waals surface area contributed by atoms with Crippen molar-refractivity contribution in [1.82, 2.24) is 10.2 Å². The van der Waals surface area contributed by atoms with E-state index >= 15 is 0 Å². The van der Waals surface area contributed by atoms with Crippen LogP contribution in [0.25, 0.3) is 0 Å². The van der Waals surface area contributed by atoms with E-state index < -0.39 is 6.10 Å². The summed E-state index contributed by atoms with van der Waals surface area (Å²) in [7, 11) is 0. The highest BCUT2D eigenvalue weighted by atomic mass is 32.2. The van der Waals surface area contributed by atoms with Gasteiger partial charge in [0, 0.05) is 12.2 Å². The molecule has 4 rings (SSSR count). The standard InChI is InChI=1S/C19H14N4O2S2/c20-10-12-5-7-13(8-6-12)11-26-19-23-22-18(27-19)21-17(24)16-9-14-3-1-2-4-15(14)25-16/h1-8,16H,9,11H2,(H,21,22,24). The van der Waals surface area contributed by atoms with Crippen LogP contribution in [0, 0.1) is 11.3 Å². The van der Waals surface area contributed by atoms with E-state index in [1.165, 1.54) is 23.1 Å². The SMILES string of the molecule is N#Cc1ccc(CSc2nnc(NC(=O)C3Cc4ccccc4O3)s2)cc1. The highest BCUT2D eigenvalue weighted by molar-refractivity contribution is 8.00. The smallest absolute Gasteiger partial charge is 0.267 e. The Bertz CT molecular complexity index is 986. The number of hydrogen-bond acceptors (Lipinski definition) is 7. The van der Waals surface area contributed by atoms with E-state index in [2.05, 4.69) is 21.6 Å². The van der Waals surface area contributed by atoms with Crippen LogP contribution < -0.4 is 10.1 Å². The maximum atomic E-state index is 12.4. The van der Waals surface area contributed by atoms with Gasteiger partial charge in [0.1, 0.15) is 5.75 Å². The molecule has 134 valence electrons. The summed E-state index contributed by atoms with van der Waals surface area (Å²) < 4.78 is 6.46. The number of thioether (sulfide) groups is 1. The zero-order valence-electron chi connectivity index (χ0n) is 14.1. The number of nitrogens with zero attached hydrogens (tertiary/aromatic N) is 3. The van der Waals surface area contributed by atoms with Gasteiger partial charge in [-0.15, -0.1) is 10.2 Å². The van der Waals surface area contributed by atoms with Gasteiger partial charge >= 0.3 is 0 Å². The molecule has 6 nitrogen and oxygen atoms in total. The first-order valence-electron chi connectivity index (χ1n) is 8.22. The molecule has 8 heteroatoms. The van der Waals surface area contributed by atoms with E-state index in [-0.39, 0.29) is 5.91 Å². The molecule has 0 radical (unpaired) electrons. The van der Waals surface area contributed by atoms with Crippen molar-refractivity contribution in [2.75, 3.05) is 5.32 Å². The molecule has 1 aliphatic heterocycles. The lowest BCUT2D eigenvalue weighted by atomic mass is 10.1. The van der Waals surface area contributed by atoms with Gasteiger partial charge in [-0.3, -0.25) is 10.1 Å². The van der Waals surface area contributed by atoms with Crippen LogP contribution in [0.5, 0.6) is 5.75 Å². The summed E-state index contributed by atoms with van der Waals surface area (Å²) in [5.41, 5.74) is 2.77. The van der Waals surface area contributed by atoms with Crippen LogP contribution >= 0.6 is 23.1 Å². The highest BCUT2D eigenvalue weighted by Gasteiger charge is 2.29. The normalized spacial score (nSPS) is 14.9. The second kappa shape index (κ2) is 7.78. The Labute approximate surface area is 164 Å². The molecular weight excluding hydrogens is 380 g/mol. The van der Waals surface area contributed by atoms with Crippen LogP contribution in [0.15, 0.2) is 52.9 Å². The van der Waals surface area contributed by atoms with Crippen molar-refractivity contribution < 1.29 is 9.53 Å². The van der Waals surface area contributed by atoms with Gasteiger partial charge in [-0.2, -0.15) is 5.26 Å². The molecule has 27 heavy (non-hydrogen) atoms. The molecule has 0 fully saturated rings. The van der Waals surface area contributed by atoms with Crippen molar-refractivity contribution in [3.63, 3.8) is 0 Å². The second-order valence-electron chi connectivity index (χ2n) is 5.88. The van der Waals surface area contributed by atoms with Crippen molar-refractivity contribution in [2.24, 2.45) is 0 Å². The van der Waals surface area contributed by atoms with Crippen LogP contribution in [-0.2, 0) is 17.0 Å². The Kier molecular flexibility index (Phi) is 5.05. The summed E-state index contributed by atoms with van der Waals surface area (Å²) in [5, 5.41) is 20.2. The van der Waals surface area contributed by atoms with Gasteiger partial charge < -0.3 is 4.74 Å². The molecule has 1 unspecified atom stereocenters. The summed E-state index contributed by atoms with van der Waals surface area (Å²) >= 11 is 2.87. The number of rotatable bonds is 5. The molecule has 1 aliphatic rings. The predicted molar refractivity (Wildman–Crippen MR) is 104 cm³/mol. The summed E-state index contributed by atoms with van der Waals surface area (Å²) in [6.07, 6.45) is 0.0160. The van der Waals surface area contributed by atoms with Crippen molar-refractivity contribution in [3.05, 3.63) is 65.2 Å². The number of para-hydroxylation sites is 1. The number of anilines is 1. The fourth-order valence-electron chi connectivity index (χ4n) is 2.65. The number of ether oxygens (including phenoxy) is 1. The Morgan fingerprint density at radius 3 is 2.85 bits per heavy atom. The first-order chi connectivity index (χ1) is 13.2. The summed E-state index contributed by atoms with van der Waals surface area (Å²) in [6, 6.07) is 17.2. The molecule has 0 saturated carbocycles. The second-order valence-corrected chi connectivity index (χ2v) is 8.08. The first-order valence-corrected chi connectivity index (χ1v) is 10.0. The van der Waals surface area contributed by atoms with Gasteiger partial charge in [-0.25, -0.2) is 0 Å². The molecule has 0 aliphatic carbocycles. The molecule has 1 amide bonds. The van der Waals surface area contributed by atoms with E-state index in [0.717, 1.165) is 27.0 Å². The first kappa shape index (κ1) is 17.5. The van der Waals surface area contributed by atoms with Gasteiger partial charge in [0.25, 0.3) is 5.91 Å². The Balaban J connectivity index is 1.31. The lowest BCUT2D eigenvalue weighted by molar-refractivity contribution is -0.122. The van der Waals surface area contributed by atoms with Gasteiger partial charge in [0.05, 0.1) is 11.6 Å². The molecule has 0 saturated heterocycles. The zero-order valence-corrected chi connectivity index (χ0v) is 15.7. The number of fused-ring (bicyclic) bond motifs is 1. The third-order valence-electron chi connectivity index (χ3n) is 4.02. The number of carbonyl (C=O) groups is 1. The number of aromatic nitrogens is 2. The molecular formula is C19H14N4O2S2. The zero-order chi connectivity index (χ0) is 18.6. The van der Waals surface area contributed by atoms with Gasteiger partial charge in [0.15, 0.2) is 10.4 Å². The summed E-state index contributed by atoms with van der Waals surface area (Å²) in [6.45, 7) is 0. The van der Waals surface area contributed by atoms with Gasteiger partial charge in [-0.1, -0.05) is 53.4 Å². The predicted octanol–water partition coefficient (Wildman–Crippen LogP) is 3.64. The molecule has 1 aromatic heterocycles. The van der Waals surface area contributed by atoms with Crippen molar-refractivity contribution in [2.45, 2.75) is 22.6 Å². The molecule has 2 aromatic carbocycles. The highest BCUT2D eigenvalue weighted by Crippen LogP contribution is 2.31. The third kappa shape index (κ3) is 4.10. The minimum Gasteiger partial charge on any atom is -0.480 e. The van der Waals surface area contributed by atoms with Gasteiger partial charge in [0.2, 0.25) is 5.13 Å². The third-order valence-corrected chi connectivity index (χ3v) is 6.06. The van der Waals surface area contributed by atoms with Crippen LogP contribution in [0.1, 0.15) is 16.7 Å². The van der Waals surface area contributed by atoms with E-state index in [0.29, 0.717) is 17.1 Å². The molecule has 2 heterocycles. The van der Waals surface area contributed by atoms with Crippen molar-refractivity contribution >= 4 is 34.1 Å². The van der Waals surface area contributed by atoms with Crippen LogP contribution in [0.3, 0.4) is 0 Å². The topological polar surface area (TPSA) is 87.9 Å². The maximum Gasteiger partial charge on any atom is 0.267 e. The number of benzene rings is 2. The Hall–Kier alpha value is -2.89. The fraction of sp³-hybridized carbons (Fsp3) is 0.158. The van der Waals surface area contributed by atoms with Crippen LogP contribution in [0.2, 0.25) is 0 Å². The van der Waals surface area contributed by atoms with E-state index in [1.54, 1.807) is 12.1 Å². The van der Waals surface area contributed by atoms with E-state index in [1.807, 2.05) is 36.4 Å². The molecule has 3 aromatic rings. The summed E-state index contributed by atoms with van der Waals surface area (Å²) in [5.74, 6) is 1.26. The monoisotopic (exact) mass is 394 g/mol. The van der Waals surface area contributed by atoms with Crippen LogP contribution in [-0.4, -0.2) is 22.2 Å². The molecule has 0 spiro atoms. The molecule has 0 bridgehead atoms. The van der Waals surface area contributed by atoms with Crippen LogP contribution in [0.4, 0.5) is 5.13 Å². The average molecular weight is 394 g/mol. The van der Waals surface area contributed by atoms with Crippen molar-refractivity contribution in [1.29, 1.82) is 5.26 Å². The number of carbonyl (C=O) groups excluding carboxylic acids is 1. The lowest BCUT2D eigenvalue weighted by Gasteiger charge is -2.08. The minimum atomic E-state index is -0.541. The number of nitrogens with one attached hydrogen (secondary N) is 1. The Morgan fingerprint density at radius 1 is 1.26 bits per heavy atom. The Morgan fingerprint density at radius 2 is 2.07 bits per heavy atom. The molecule has 1 N–H and O–H groups in total. The lowest BCUT2D eigenvalue weighted by Crippen LogP contribution is -2.31. The minimum absolute atomic E-state index is 0.217. The largest absolute Gasteiger partial charge is 0.480 e. The molecule has 1 atom stereocenters. The maximum absolute atomic E-state index is 12.4. The number of hydrogen-bond donors (Lipinski definition) is 1. The van der Waals surface area contributed by atoms with E-state index in [9.17, 15) is 4.79 Å². The van der Waals surface area contributed by atoms with E-state index in [4.69, 9.17) is 10.00 Å².